The second-order valence-electron chi connectivity index (χ2n) is 4.51. The van der Waals surface area contributed by atoms with Crippen molar-refractivity contribution < 1.29 is 9.18 Å². The number of carbonyl (C=O) groups excluding carboxylic acids is 1. The molecule has 0 atom stereocenters. The lowest BCUT2D eigenvalue weighted by atomic mass is 10.1. The van der Waals surface area contributed by atoms with Gasteiger partial charge in [-0.15, -0.1) is 0 Å². The summed E-state index contributed by atoms with van der Waals surface area (Å²) in [6.45, 7) is 1.81. The average molecular weight is 293 g/mol. The highest BCUT2D eigenvalue weighted by atomic mass is 35.5. The fourth-order valence-corrected chi connectivity index (χ4v) is 2.01. The maximum Gasteiger partial charge on any atom is 0.228 e. The number of halogens is 2. The Hall–Kier alpha value is -2.07. The van der Waals surface area contributed by atoms with Crippen LogP contribution in [0.5, 0.6) is 0 Å². The molecule has 0 aliphatic heterocycles. The number of carbonyl (C=O) groups is 1. The Balaban J connectivity index is 2.13. The molecular weight excluding hydrogens is 279 g/mol. The first-order valence-electron chi connectivity index (χ1n) is 6.06. The fourth-order valence-electron chi connectivity index (χ4n) is 1.85. The summed E-state index contributed by atoms with van der Waals surface area (Å²) in [4.78, 5) is 11.9. The molecule has 5 heteroatoms. The monoisotopic (exact) mass is 292 g/mol. The van der Waals surface area contributed by atoms with Crippen LogP contribution < -0.4 is 11.1 Å². The van der Waals surface area contributed by atoms with E-state index in [0.717, 1.165) is 5.56 Å². The Morgan fingerprint density at radius 3 is 2.75 bits per heavy atom. The van der Waals surface area contributed by atoms with Crippen LogP contribution in [0.4, 0.5) is 15.8 Å². The molecular formula is C15H14ClFN2O. The Bertz CT molecular complexity index is 658. The summed E-state index contributed by atoms with van der Waals surface area (Å²) >= 11 is 5.92. The number of benzene rings is 2. The number of aryl methyl sites for hydroxylation is 1. The summed E-state index contributed by atoms with van der Waals surface area (Å²) in [5.74, 6) is -0.700. The first-order valence-corrected chi connectivity index (χ1v) is 6.44. The van der Waals surface area contributed by atoms with Gasteiger partial charge in [0.05, 0.1) is 17.1 Å². The molecule has 0 aromatic heterocycles. The summed E-state index contributed by atoms with van der Waals surface area (Å²) in [5, 5.41) is 3.08. The van der Waals surface area contributed by atoms with Crippen molar-refractivity contribution >= 4 is 28.9 Å². The molecule has 0 saturated heterocycles. The SMILES string of the molecule is Cc1cc(N)c(Cl)cc1NC(=O)Cc1ccccc1F. The maximum atomic E-state index is 13.5. The van der Waals surface area contributed by atoms with E-state index in [9.17, 15) is 9.18 Å². The summed E-state index contributed by atoms with van der Waals surface area (Å²) in [6.07, 6.45) is -0.0336. The lowest BCUT2D eigenvalue weighted by Gasteiger charge is -2.10. The number of nitrogens with two attached hydrogens (primary N) is 1. The summed E-state index contributed by atoms with van der Waals surface area (Å²) in [7, 11) is 0. The maximum absolute atomic E-state index is 13.5. The Morgan fingerprint density at radius 2 is 2.05 bits per heavy atom. The molecule has 1 amide bonds. The zero-order chi connectivity index (χ0) is 14.7. The predicted molar refractivity (Wildman–Crippen MR) is 79.3 cm³/mol. The molecule has 2 aromatic rings. The van der Waals surface area contributed by atoms with E-state index in [1.165, 1.54) is 6.07 Å². The molecule has 2 aromatic carbocycles. The minimum Gasteiger partial charge on any atom is -0.398 e. The number of anilines is 2. The number of rotatable bonds is 3. The lowest BCUT2D eigenvalue weighted by Crippen LogP contribution is -2.16. The van der Waals surface area contributed by atoms with Crippen LogP contribution in [0.25, 0.3) is 0 Å². The van der Waals surface area contributed by atoms with Crippen LogP contribution in [-0.4, -0.2) is 5.91 Å². The average Bonchev–Trinajstić information content (AvgIpc) is 2.39. The Labute approximate surface area is 121 Å². The van der Waals surface area contributed by atoms with Crippen molar-refractivity contribution in [2.45, 2.75) is 13.3 Å². The second-order valence-corrected chi connectivity index (χ2v) is 4.91. The van der Waals surface area contributed by atoms with Crippen molar-refractivity contribution in [3.8, 4) is 0 Å². The molecule has 2 rings (SSSR count). The zero-order valence-electron chi connectivity index (χ0n) is 10.9. The van der Waals surface area contributed by atoms with Gasteiger partial charge in [-0.2, -0.15) is 0 Å². The van der Waals surface area contributed by atoms with Crippen LogP contribution in [0.3, 0.4) is 0 Å². The van der Waals surface area contributed by atoms with E-state index in [2.05, 4.69) is 5.32 Å². The Morgan fingerprint density at radius 1 is 1.35 bits per heavy atom. The van der Waals surface area contributed by atoms with E-state index >= 15 is 0 Å². The Kier molecular flexibility index (Phi) is 4.25. The van der Waals surface area contributed by atoms with Crippen molar-refractivity contribution in [3.05, 3.63) is 58.4 Å². The predicted octanol–water partition coefficient (Wildman–Crippen LogP) is 3.55. The third-order valence-electron chi connectivity index (χ3n) is 2.93. The molecule has 104 valence electrons. The third kappa shape index (κ3) is 3.27. The van der Waals surface area contributed by atoms with Gasteiger partial charge in [-0.25, -0.2) is 4.39 Å². The molecule has 0 bridgehead atoms. The molecule has 0 saturated carbocycles. The molecule has 3 N–H and O–H groups in total. The summed E-state index contributed by atoms with van der Waals surface area (Å²) < 4.78 is 13.5. The number of hydrogen-bond acceptors (Lipinski definition) is 2. The minimum atomic E-state index is -0.394. The van der Waals surface area contributed by atoms with Gasteiger partial charge < -0.3 is 11.1 Å². The highest BCUT2D eigenvalue weighted by Crippen LogP contribution is 2.26. The molecule has 3 nitrogen and oxygen atoms in total. The van der Waals surface area contributed by atoms with Crippen molar-refractivity contribution in [2.24, 2.45) is 0 Å². The van der Waals surface area contributed by atoms with Gasteiger partial charge in [-0.1, -0.05) is 29.8 Å². The normalized spacial score (nSPS) is 10.3. The third-order valence-corrected chi connectivity index (χ3v) is 3.25. The molecule has 20 heavy (non-hydrogen) atoms. The van der Waals surface area contributed by atoms with Gasteiger partial charge >= 0.3 is 0 Å². The summed E-state index contributed by atoms with van der Waals surface area (Å²) in [6, 6.07) is 9.45. The molecule has 0 heterocycles. The quantitative estimate of drug-likeness (QED) is 0.850. The van der Waals surface area contributed by atoms with Crippen LogP contribution in [0.1, 0.15) is 11.1 Å². The fraction of sp³-hybridized carbons (Fsp3) is 0.133. The van der Waals surface area contributed by atoms with Gasteiger partial charge in [0.15, 0.2) is 0 Å². The minimum absolute atomic E-state index is 0.0336. The molecule has 0 fully saturated rings. The van der Waals surface area contributed by atoms with E-state index in [4.69, 9.17) is 17.3 Å². The standard InChI is InChI=1S/C15H14ClFN2O/c1-9-6-13(18)11(16)8-14(9)19-15(20)7-10-4-2-3-5-12(10)17/h2-6,8H,7,18H2,1H3,(H,19,20). The molecule has 0 aliphatic carbocycles. The van der Waals surface area contributed by atoms with Crippen LogP contribution >= 0.6 is 11.6 Å². The molecule has 0 aliphatic rings. The highest BCUT2D eigenvalue weighted by Gasteiger charge is 2.10. The van der Waals surface area contributed by atoms with Crippen LogP contribution in [0.2, 0.25) is 5.02 Å². The molecule has 0 spiro atoms. The van der Waals surface area contributed by atoms with Gasteiger partial charge in [0, 0.05) is 5.69 Å². The second kappa shape index (κ2) is 5.92. The van der Waals surface area contributed by atoms with E-state index in [1.54, 1.807) is 30.3 Å². The van der Waals surface area contributed by atoms with Crippen LogP contribution in [0, 0.1) is 12.7 Å². The smallest absolute Gasteiger partial charge is 0.228 e. The van der Waals surface area contributed by atoms with Crippen LogP contribution in [-0.2, 0) is 11.2 Å². The van der Waals surface area contributed by atoms with Gasteiger partial charge in [0.2, 0.25) is 5.91 Å². The van der Waals surface area contributed by atoms with Gasteiger partial charge in [0.25, 0.3) is 0 Å². The van der Waals surface area contributed by atoms with Crippen molar-refractivity contribution in [1.29, 1.82) is 0 Å². The van der Waals surface area contributed by atoms with Gasteiger partial charge in [-0.3, -0.25) is 4.79 Å². The highest BCUT2D eigenvalue weighted by molar-refractivity contribution is 6.33. The number of hydrogen-bond donors (Lipinski definition) is 2. The van der Waals surface area contributed by atoms with Gasteiger partial charge in [0.1, 0.15) is 5.82 Å². The number of nitrogens with one attached hydrogen (secondary N) is 1. The lowest BCUT2D eigenvalue weighted by molar-refractivity contribution is -0.115. The van der Waals surface area contributed by atoms with Crippen molar-refractivity contribution in [3.63, 3.8) is 0 Å². The van der Waals surface area contributed by atoms with E-state index in [1.807, 2.05) is 6.92 Å². The van der Waals surface area contributed by atoms with E-state index in [0.29, 0.717) is 22.0 Å². The van der Waals surface area contributed by atoms with Gasteiger partial charge in [-0.05, 0) is 36.2 Å². The summed E-state index contributed by atoms with van der Waals surface area (Å²) in [5.41, 5.74) is 7.85. The molecule has 0 unspecified atom stereocenters. The number of nitrogen functional groups attached to an aromatic ring is 1. The van der Waals surface area contributed by atoms with Crippen molar-refractivity contribution in [2.75, 3.05) is 11.1 Å². The largest absolute Gasteiger partial charge is 0.398 e. The van der Waals surface area contributed by atoms with E-state index in [-0.39, 0.29) is 12.3 Å². The topological polar surface area (TPSA) is 55.1 Å². The zero-order valence-corrected chi connectivity index (χ0v) is 11.7. The van der Waals surface area contributed by atoms with E-state index < -0.39 is 5.82 Å². The van der Waals surface area contributed by atoms with Crippen molar-refractivity contribution in [1.82, 2.24) is 0 Å². The molecule has 0 radical (unpaired) electrons. The first-order chi connectivity index (χ1) is 9.47. The number of amides is 1. The first kappa shape index (κ1) is 14.3. The van der Waals surface area contributed by atoms with Crippen LogP contribution in [0.15, 0.2) is 36.4 Å².